The molecule has 186 valence electrons. The number of hydrogen-bond acceptors (Lipinski definition) is 5. The smallest absolute Gasteiger partial charge is 0.407 e. The Bertz CT molecular complexity index is 1050. The van der Waals surface area contributed by atoms with Crippen molar-refractivity contribution < 1.29 is 24.2 Å². The largest absolute Gasteiger partial charge is 0.480 e. The molecule has 2 amide bonds. The molecule has 1 aliphatic carbocycles. The number of nitrogens with one attached hydrogen (secondary N) is 1. The van der Waals surface area contributed by atoms with Gasteiger partial charge in [-0.25, -0.2) is 9.59 Å². The SMILES string of the molecule is CC(CCCC(C)C(=O)N1CSC[C@H]1C(=O)O)NC(=O)OCC1c2ccccc2-c2ccccc21. The zero-order chi connectivity index (χ0) is 24.9. The molecule has 3 atom stereocenters. The molecule has 2 aromatic rings. The molecular formula is C27H32N2O5S. The fourth-order valence-corrected chi connectivity index (χ4v) is 6.07. The van der Waals surface area contributed by atoms with E-state index in [1.807, 2.05) is 38.1 Å². The van der Waals surface area contributed by atoms with Crippen molar-refractivity contribution in [2.75, 3.05) is 18.2 Å². The van der Waals surface area contributed by atoms with Gasteiger partial charge in [-0.3, -0.25) is 4.79 Å². The van der Waals surface area contributed by atoms with Crippen LogP contribution >= 0.6 is 11.8 Å². The zero-order valence-corrected chi connectivity index (χ0v) is 20.9. The molecule has 7 nitrogen and oxygen atoms in total. The second-order valence-electron chi connectivity index (χ2n) is 9.36. The van der Waals surface area contributed by atoms with Crippen molar-refractivity contribution in [3.05, 3.63) is 59.7 Å². The first kappa shape index (κ1) is 25.1. The fourth-order valence-electron chi connectivity index (χ4n) is 4.91. The number of benzene rings is 2. The Labute approximate surface area is 210 Å². The molecule has 0 spiro atoms. The van der Waals surface area contributed by atoms with Gasteiger partial charge in [-0.2, -0.15) is 0 Å². The zero-order valence-electron chi connectivity index (χ0n) is 20.1. The molecule has 1 aliphatic heterocycles. The van der Waals surface area contributed by atoms with Crippen molar-refractivity contribution in [2.45, 2.75) is 51.1 Å². The monoisotopic (exact) mass is 496 g/mol. The quantitative estimate of drug-likeness (QED) is 0.522. The third kappa shape index (κ3) is 5.64. The van der Waals surface area contributed by atoms with Crippen LogP contribution in [0.4, 0.5) is 4.79 Å². The van der Waals surface area contributed by atoms with E-state index in [0.717, 1.165) is 6.42 Å². The highest BCUT2D eigenvalue weighted by Gasteiger charge is 2.36. The Morgan fingerprint density at radius 1 is 1.06 bits per heavy atom. The predicted molar refractivity (Wildman–Crippen MR) is 136 cm³/mol. The number of thioether (sulfide) groups is 1. The van der Waals surface area contributed by atoms with Crippen LogP contribution in [0.3, 0.4) is 0 Å². The average molecular weight is 497 g/mol. The summed E-state index contributed by atoms with van der Waals surface area (Å²) in [5.74, 6) is -0.420. The molecule has 2 aromatic carbocycles. The fraction of sp³-hybridized carbons (Fsp3) is 0.444. The lowest BCUT2D eigenvalue weighted by Crippen LogP contribution is -2.44. The number of carboxylic acids is 1. The van der Waals surface area contributed by atoms with Gasteiger partial charge in [0.1, 0.15) is 12.6 Å². The van der Waals surface area contributed by atoms with Gasteiger partial charge in [0, 0.05) is 23.6 Å². The Kier molecular flexibility index (Phi) is 8.00. The Balaban J connectivity index is 1.21. The molecule has 1 saturated heterocycles. The summed E-state index contributed by atoms with van der Waals surface area (Å²) in [5.41, 5.74) is 4.73. The number of alkyl carbamates (subject to hydrolysis) is 1. The molecule has 0 radical (unpaired) electrons. The molecule has 4 rings (SSSR count). The second kappa shape index (κ2) is 11.2. The normalized spacial score (nSPS) is 18.5. The van der Waals surface area contributed by atoms with E-state index in [-0.39, 0.29) is 30.4 Å². The summed E-state index contributed by atoms with van der Waals surface area (Å²) >= 11 is 1.47. The topological polar surface area (TPSA) is 95.9 Å². The number of ether oxygens (including phenoxy) is 1. The lowest BCUT2D eigenvalue weighted by Gasteiger charge is -2.24. The maximum atomic E-state index is 12.7. The third-order valence-corrected chi connectivity index (χ3v) is 7.87. The molecule has 35 heavy (non-hydrogen) atoms. The molecule has 0 bridgehead atoms. The van der Waals surface area contributed by atoms with E-state index in [9.17, 15) is 19.5 Å². The number of fused-ring (bicyclic) bond motifs is 3. The first-order chi connectivity index (χ1) is 16.9. The second-order valence-corrected chi connectivity index (χ2v) is 10.4. The van der Waals surface area contributed by atoms with Gasteiger partial charge in [0.2, 0.25) is 5.91 Å². The molecule has 2 unspecified atom stereocenters. The van der Waals surface area contributed by atoms with Crippen molar-refractivity contribution in [3.8, 4) is 11.1 Å². The molecule has 0 aromatic heterocycles. The van der Waals surface area contributed by atoms with Crippen molar-refractivity contribution in [3.63, 3.8) is 0 Å². The van der Waals surface area contributed by atoms with Crippen molar-refractivity contribution >= 4 is 29.7 Å². The predicted octanol–water partition coefficient (Wildman–Crippen LogP) is 4.71. The number of carbonyl (C=O) groups is 3. The number of rotatable bonds is 9. The van der Waals surface area contributed by atoms with E-state index in [1.165, 1.54) is 38.9 Å². The summed E-state index contributed by atoms with van der Waals surface area (Å²) in [4.78, 5) is 37.9. The van der Waals surface area contributed by atoms with E-state index in [0.29, 0.717) is 24.5 Å². The number of hydrogen-bond donors (Lipinski definition) is 2. The minimum Gasteiger partial charge on any atom is -0.480 e. The van der Waals surface area contributed by atoms with Crippen LogP contribution < -0.4 is 5.32 Å². The molecule has 0 saturated carbocycles. The molecule has 2 N–H and O–H groups in total. The first-order valence-electron chi connectivity index (χ1n) is 12.1. The van der Waals surface area contributed by atoms with Gasteiger partial charge in [-0.15, -0.1) is 11.8 Å². The van der Waals surface area contributed by atoms with Crippen LogP contribution in [0.15, 0.2) is 48.5 Å². The Hall–Kier alpha value is -3.00. The van der Waals surface area contributed by atoms with Gasteiger partial charge >= 0.3 is 12.1 Å². The van der Waals surface area contributed by atoms with Crippen LogP contribution in [0.1, 0.15) is 50.2 Å². The van der Waals surface area contributed by atoms with Crippen LogP contribution in [0.5, 0.6) is 0 Å². The third-order valence-electron chi connectivity index (χ3n) is 6.85. The van der Waals surface area contributed by atoms with E-state index in [2.05, 4.69) is 29.6 Å². The molecular weight excluding hydrogens is 464 g/mol. The van der Waals surface area contributed by atoms with Crippen molar-refractivity contribution in [1.29, 1.82) is 0 Å². The Morgan fingerprint density at radius 3 is 2.31 bits per heavy atom. The van der Waals surface area contributed by atoms with Crippen LogP contribution in [0.25, 0.3) is 11.1 Å². The van der Waals surface area contributed by atoms with Gasteiger partial charge in [0.05, 0.1) is 5.88 Å². The minimum absolute atomic E-state index is 0.0219. The lowest BCUT2D eigenvalue weighted by atomic mass is 9.98. The number of amides is 2. The maximum absolute atomic E-state index is 12.7. The number of carboxylic acid groups (broad SMARTS) is 1. The summed E-state index contributed by atoms with van der Waals surface area (Å²) in [6, 6.07) is 15.6. The van der Waals surface area contributed by atoms with Crippen molar-refractivity contribution in [1.82, 2.24) is 10.2 Å². The summed E-state index contributed by atoms with van der Waals surface area (Å²) in [5, 5.41) is 12.2. The summed E-state index contributed by atoms with van der Waals surface area (Å²) in [6.07, 6.45) is 1.65. The van der Waals surface area contributed by atoms with Crippen LogP contribution in [0, 0.1) is 5.92 Å². The standard InChI is InChI=1S/C27H32N2O5S/c1-17(25(30)29-16-35-15-24(29)26(31)32)8-7-9-18(2)28-27(33)34-14-23-21-12-5-3-10-19(21)20-11-4-6-13-22(20)23/h3-6,10-13,17-18,23-24H,7-9,14-16H2,1-2H3,(H,28,33)(H,31,32)/t17?,18?,24-/m0/s1. The minimum atomic E-state index is -0.948. The number of aliphatic carboxylic acids is 1. The highest BCUT2D eigenvalue weighted by molar-refractivity contribution is 7.99. The summed E-state index contributed by atoms with van der Waals surface area (Å²) in [6.45, 7) is 4.04. The van der Waals surface area contributed by atoms with Gasteiger partial charge in [0.15, 0.2) is 0 Å². The van der Waals surface area contributed by atoms with Gasteiger partial charge < -0.3 is 20.1 Å². The first-order valence-corrected chi connectivity index (χ1v) is 13.2. The van der Waals surface area contributed by atoms with Crippen LogP contribution in [-0.2, 0) is 14.3 Å². The van der Waals surface area contributed by atoms with E-state index in [1.54, 1.807) is 0 Å². The average Bonchev–Trinajstić information content (AvgIpc) is 3.46. The van der Waals surface area contributed by atoms with E-state index < -0.39 is 18.1 Å². The molecule has 2 aliphatic rings. The lowest BCUT2D eigenvalue weighted by molar-refractivity contribution is -0.149. The summed E-state index contributed by atoms with van der Waals surface area (Å²) in [7, 11) is 0. The van der Waals surface area contributed by atoms with Crippen LogP contribution in [0.2, 0.25) is 0 Å². The van der Waals surface area contributed by atoms with Gasteiger partial charge in [0.25, 0.3) is 0 Å². The van der Waals surface area contributed by atoms with Gasteiger partial charge in [-0.05, 0) is 42.0 Å². The highest BCUT2D eigenvalue weighted by Crippen LogP contribution is 2.44. The summed E-state index contributed by atoms with van der Waals surface area (Å²) < 4.78 is 5.61. The number of nitrogens with zero attached hydrogens (tertiary/aromatic N) is 1. The van der Waals surface area contributed by atoms with E-state index >= 15 is 0 Å². The van der Waals surface area contributed by atoms with E-state index in [4.69, 9.17) is 4.74 Å². The maximum Gasteiger partial charge on any atom is 0.407 e. The van der Waals surface area contributed by atoms with Crippen LogP contribution in [-0.4, -0.2) is 58.3 Å². The van der Waals surface area contributed by atoms with Crippen molar-refractivity contribution in [2.24, 2.45) is 5.92 Å². The molecule has 1 heterocycles. The number of carbonyl (C=O) groups excluding carboxylic acids is 2. The van der Waals surface area contributed by atoms with Gasteiger partial charge in [-0.1, -0.05) is 61.9 Å². The molecule has 8 heteroatoms. The Morgan fingerprint density at radius 2 is 1.69 bits per heavy atom. The highest BCUT2D eigenvalue weighted by atomic mass is 32.2. The molecule has 1 fully saturated rings.